The number of aromatic nitrogens is 1. The van der Waals surface area contributed by atoms with E-state index in [4.69, 9.17) is 5.11 Å². The second-order valence-corrected chi connectivity index (χ2v) is 6.55. The van der Waals surface area contributed by atoms with E-state index < -0.39 is 12.0 Å². The average Bonchev–Trinajstić information content (AvgIpc) is 2.93. The van der Waals surface area contributed by atoms with Crippen LogP contribution in [0.2, 0.25) is 0 Å². The van der Waals surface area contributed by atoms with Gasteiger partial charge in [-0.15, -0.1) is 32.3 Å². The summed E-state index contributed by atoms with van der Waals surface area (Å²) in [5.74, 6) is -0.374. The second kappa shape index (κ2) is 4.61. The minimum atomic E-state index is -0.870. The van der Waals surface area contributed by atoms with Gasteiger partial charge >= 0.3 is 5.97 Å². The number of carboxylic acids is 1. The molecule has 0 radical (unpaired) electrons. The number of rotatable bonds is 2. The number of hydrogen-bond acceptors (Lipinski definition) is 5. The molecule has 3 rings (SSSR count). The van der Waals surface area contributed by atoms with Gasteiger partial charge in [0.2, 0.25) is 0 Å². The van der Waals surface area contributed by atoms with Crippen molar-refractivity contribution >= 4 is 58.9 Å². The first-order valence-electron chi connectivity index (χ1n) is 5.23. The molecule has 18 heavy (non-hydrogen) atoms. The predicted octanol–water partition coefficient (Wildman–Crippen LogP) is 1.74. The summed E-state index contributed by atoms with van der Waals surface area (Å²) < 4.78 is 1.10. The van der Waals surface area contributed by atoms with E-state index in [9.17, 15) is 4.79 Å². The summed E-state index contributed by atoms with van der Waals surface area (Å²) in [6.45, 7) is 0. The molecular formula is C11H9N2O2PS2. The Morgan fingerprint density at radius 2 is 2.33 bits per heavy atom. The van der Waals surface area contributed by atoms with Crippen molar-refractivity contribution in [2.75, 3.05) is 5.75 Å². The van der Waals surface area contributed by atoms with E-state index in [0.29, 0.717) is 5.75 Å². The predicted molar refractivity (Wildman–Crippen MR) is 79.4 cm³/mol. The zero-order valence-corrected chi connectivity index (χ0v) is 11.9. The van der Waals surface area contributed by atoms with Crippen LogP contribution in [-0.4, -0.2) is 32.9 Å². The van der Waals surface area contributed by atoms with Crippen LogP contribution >= 0.6 is 32.3 Å². The number of carbonyl (C=O) groups is 1. The van der Waals surface area contributed by atoms with Crippen molar-refractivity contribution in [3.8, 4) is 0 Å². The topological polar surface area (TPSA) is 62.5 Å². The Morgan fingerprint density at radius 1 is 1.50 bits per heavy atom. The summed E-state index contributed by atoms with van der Waals surface area (Å²) >= 11 is 3.02. The maximum atomic E-state index is 10.9. The van der Waals surface area contributed by atoms with Gasteiger partial charge < -0.3 is 5.11 Å². The summed E-state index contributed by atoms with van der Waals surface area (Å²) in [7, 11) is 2.65. The van der Waals surface area contributed by atoms with Crippen LogP contribution in [0.3, 0.4) is 0 Å². The number of benzene rings is 1. The van der Waals surface area contributed by atoms with Crippen molar-refractivity contribution < 1.29 is 9.90 Å². The summed E-state index contributed by atoms with van der Waals surface area (Å²) in [5.41, 5.74) is 0.934. The van der Waals surface area contributed by atoms with Crippen molar-refractivity contribution in [1.82, 2.24) is 4.98 Å². The molecule has 2 heterocycles. The molecular weight excluding hydrogens is 287 g/mol. The van der Waals surface area contributed by atoms with E-state index in [1.807, 2.05) is 12.1 Å². The molecule has 92 valence electrons. The summed E-state index contributed by atoms with van der Waals surface area (Å²) in [6.07, 6.45) is 0. The molecule has 0 amide bonds. The standard InChI is InChI=1S/C11H9N2O2PS2/c14-11(15)7-4-17-9(13-7)10-12-6-2-1-5(16)3-8(6)18-10/h1-3,7H,4,16H2,(H,14,15)/t7-/m1/s1. The molecule has 7 heteroatoms. The molecule has 1 unspecified atom stereocenters. The minimum Gasteiger partial charge on any atom is -0.480 e. The van der Waals surface area contributed by atoms with E-state index in [1.165, 1.54) is 11.8 Å². The van der Waals surface area contributed by atoms with Gasteiger partial charge in [0.1, 0.15) is 10.1 Å². The third-order valence-corrected chi connectivity index (χ3v) is 5.10. The highest BCUT2D eigenvalue weighted by atomic mass is 32.2. The van der Waals surface area contributed by atoms with Crippen molar-refractivity contribution in [1.29, 1.82) is 0 Å². The molecule has 1 aliphatic rings. The van der Waals surface area contributed by atoms with Gasteiger partial charge in [-0.05, 0) is 17.4 Å². The maximum Gasteiger partial charge on any atom is 0.329 e. The number of hydrogen-bond donors (Lipinski definition) is 1. The smallest absolute Gasteiger partial charge is 0.329 e. The molecule has 2 aromatic rings. The van der Waals surface area contributed by atoms with E-state index in [2.05, 4.69) is 25.3 Å². The SMILES string of the molecule is O=C(O)[C@H]1CSC(c2nc3ccc(P)cc3s2)=N1. The fourth-order valence-electron chi connectivity index (χ4n) is 1.65. The van der Waals surface area contributed by atoms with Crippen molar-refractivity contribution in [3.05, 3.63) is 23.2 Å². The lowest BCUT2D eigenvalue weighted by Crippen LogP contribution is -2.17. The second-order valence-electron chi connectivity index (χ2n) is 3.85. The average molecular weight is 296 g/mol. The van der Waals surface area contributed by atoms with Gasteiger partial charge in [0.25, 0.3) is 0 Å². The van der Waals surface area contributed by atoms with Gasteiger partial charge in [-0.3, -0.25) is 4.99 Å². The summed E-state index contributed by atoms with van der Waals surface area (Å²) in [5, 5.41) is 11.6. The number of thiazole rings is 1. The lowest BCUT2D eigenvalue weighted by molar-refractivity contribution is -0.137. The Kier molecular flexibility index (Phi) is 3.09. The molecule has 1 aromatic heterocycles. The molecule has 0 saturated carbocycles. The number of aliphatic carboxylic acids is 1. The first-order chi connectivity index (χ1) is 8.63. The van der Waals surface area contributed by atoms with Gasteiger partial charge in [0, 0.05) is 5.75 Å². The normalized spacial score (nSPS) is 19.2. The van der Waals surface area contributed by atoms with Crippen molar-refractivity contribution in [2.24, 2.45) is 4.99 Å². The van der Waals surface area contributed by atoms with Crippen LogP contribution < -0.4 is 5.30 Å². The van der Waals surface area contributed by atoms with Crippen LogP contribution in [0.5, 0.6) is 0 Å². The molecule has 4 nitrogen and oxygen atoms in total. The molecule has 0 fully saturated rings. The molecule has 0 aliphatic carbocycles. The molecule has 0 spiro atoms. The van der Waals surface area contributed by atoms with E-state index in [-0.39, 0.29) is 0 Å². The fraction of sp³-hybridized carbons (Fsp3) is 0.182. The highest BCUT2D eigenvalue weighted by molar-refractivity contribution is 8.15. The van der Waals surface area contributed by atoms with Crippen LogP contribution in [0.25, 0.3) is 10.2 Å². The molecule has 1 aliphatic heterocycles. The molecule has 2 atom stereocenters. The van der Waals surface area contributed by atoms with Crippen LogP contribution in [0.15, 0.2) is 23.2 Å². The van der Waals surface area contributed by atoms with Crippen LogP contribution in [-0.2, 0) is 4.79 Å². The van der Waals surface area contributed by atoms with Crippen molar-refractivity contribution in [2.45, 2.75) is 6.04 Å². The number of fused-ring (bicyclic) bond motifs is 1. The largest absolute Gasteiger partial charge is 0.480 e. The van der Waals surface area contributed by atoms with Gasteiger partial charge in [0.05, 0.1) is 10.2 Å². The quantitative estimate of drug-likeness (QED) is 0.858. The Morgan fingerprint density at radius 3 is 3.06 bits per heavy atom. The number of aliphatic imine (C=N–C) groups is 1. The van der Waals surface area contributed by atoms with Gasteiger partial charge in [-0.1, -0.05) is 6.07 Å². The van der Waals surface area contributed by atoms with Gasteiger partial charge in [0.15, 0.2) is 6.04 Å². The minimum absolute atomic E-state index is 0.496. The summed E-state index contributed by atoms with van der Waals surface area (Å²) in [4.78, 5) is 19.5. The lowest BCUT2D eigenvalue weighted by atomic mass is 10.3. The van der Waals surface area contributed by atoms with Crippen LogP contribution in [0.1, 0.15) is 5.01 Å². The Labute approximate surface area is 114 Å². The first kappa shape index (κ1) is 12.1. The summed E-state index contributed by atoms with van der Waals surface area (Å²) in [6, 6.07) is 5.37. The van der Waals surface area contributed by atoms with Gasteiger partial charge in [-0.2, -0.15) is 0 Å². The lowest BCUT2D eigenvalue weighted by Gasteiger charge is -1.93. The number of nitrogens with zero attached hydrogens (tertiary/aromatic N) is 2. The third-order valence-electron chi connectivity index (χ3n) is 2.53. The van der Waals surface area contributed by atoms with Crippen LogP contribution in [0.4, 0.5) is 0 Å². The number of carboxylic acid groups (broad SMARTS) is 1. The van der Waals surface area contributed by atoms with E-state index in [0.717, 1.165) is 25.6 Å². The molecule has 0 saturated heterocycles. The van der Waals surface area contributed by atoms with E-state index >= 15 is 0 Å². The molecule has 0 bridgehead atoms. The van der Waals surface area contributed by atoms with Crippen LogP contribution in [0, 0.1) is 0 Å². The zero-order chi connectivity index (χ0) is 12.7. The Hall–Kier alpha value is -0.970. The Bertz CT molecular complexity index is 668. The maximum absolute atomic E-state index is 10.9. The van der Waals surface area contributed by atoms with Crippen molar-refractivity contribution in [3.63, 3.8) is 0 Å². The van der Waals surface area contributed by atoms with Gasteiger partial charge in [-0.25, -0.2) is 9.78 Å². The highest BCUT2D eigenvalue weighted by Crippen LogP contribution is 2.29. The monoisotopic (exact) mass is 296 g/mol. The first-order valence-corrected chi connectivity index (χ1v) is 7.61. The zero-order valence-electron chi connectivity index (χ0n) is 9.16. The third kappa shape index (κ3) is 2.16. The highest BCUT2D eigenvalue weighted by Gasteiger charge is 2.26. The molecule has 1 N–H and O–H groups in total. The Balaban J connectivity index is 2.00. The number of thioether (sulfide) groups is 1. The molecule has 1 aromatic carbocycles. The van der Waals surface area contributed by atoms with E-state index in [1.54, 1.807) is 11.3 Å². The fourth-order valence-corrected chi connectivity index (χ4v) is 4.14.